The van der Waals surface area contributed by atoms with E-state index < -0.39 is 11.6 Å². The van der Waals surface area contributed by atoms with E-state index in [4.69, 9.17) is 0 Å². The molecule has 0 aliphatic carbocycles. The van der Waals surface area contributed by atoms with E-state index in [9.17, 15) is 8.78 Å². The molecule has 2 heterocycles. The van der Waals surface area contributed by atoms with Gasteiger partial charge in [0.05, 0.1) is 16.9 Å². The number of hydrogen-bond donors (Lipinski definition) is 1. The number of anilines is 2. The first-order valence-electron chi connectivity index (χ1n) is 7.02. The Bertz CT molecular complexity index is 1020. The maximum atomic E-state index is 13.9. The average Bonchev–Trinajstić information content (AvgIpc) is 3.12. The van der Waals surface area contributed by atoms with E-state index in [1.165, 1.54) is 24.8 Å². The Balaban J connectivity index is 1.81. The summed E-state index contributed by atoms with van der Waals surface area (Å²) in [5.74, 6) is -0.930. The summed E-state index contributed by atoms with van der Waals surface area (Å²) in [7, 11) is 0. The van der Waals surface area contributed by atoms with Crippen molar-refractivity contribution in [2.24, 2.45) is 0 Å². The number of hydrogen-bond acceptors (Lipinski definition) is 5. The van der Waals surface area contributed by atoms with Crippen molar-refractivity contribution in [1.82, 2.24) is 24.7 Å². The lowest BCUT2D eigenvalue weighted by molar-refractivity contribution is 0.586. The SMILES string of the molecule is Fc1ccc(Nc2ncnc3ccc(-n4cncn4)cc23)c(F)c1. The first-order chi connectivity index (χ1) is 11.7. The minimum absolute atomic E-state index is 0.127. The highest BCUT2D eigenvalue weighted by molar-refractivity contribution is 5.92. The van der Waals surface area contributed by atoms with Gasteiger partial charge in [-0.15, -0.1) is 0 Å². The fraction of sp³-hybridized carbons (Fsp3) is 0. The summed E-state index contributed by atoms with van der Waals surface area (Å²) in [6.07, 6.45) is 4.37. The lowest BCUT2D eigenvalue weighted by Crippen LogP contribution is -2.00. The zero-order valence-electron chi connectivity index (χ0n) is 12.2. The van der Waals surface area contributed by atoms with E-state index in [1.807, 2.05) is 12.1 Å². The van der Waals surface area contributed by atoms with Crippen molar-refractivity contribution in [1.29, 1.82) is 0 Å². The van der Waals surface area contributed by atoms with E-state index in [0.717, 1.165) is 11.8 Å². The average molecular weight is 324 g/mol. The normalized spacial score (nSPS) is 10.9. The summed E-state index contributed by atoms with van der Waals surface area (Å²) in [5.41, 5.74) is 1.57. The third-order valence-corrected chi connectivity index (χ3v) is 3.49. The highest BCUT2D eigenvalue weighted by Crippen LogP contribution is 2.26. The summed E-state index contributed by atoms with van der Waals surface area (Å²) >= 11 is 0. The Morgan fingerprint density at radius 1 is 0.958 bits per heavy atom. The molecule has 0 bridgehead atoms. The van der Waals surface area contributed by atoms with Crippen molar-refractivity contribution in [3.8, 4) is 5.69 Å². The van der Waals surface area contributed by atoms with Crippen LogP contribution in [0.5, 0.6) is 0 Å². The fourth-order valence-electron chi connectivity index (χ4n) is 2.35. The molecule has 0 aliphatic heterocycles. The number of halogens is 2. The molecule has 118 valence electrons. The highest BCUT2D eigenvalue weighted by atomic mass is 19.1. The standard InChI is InChI=1S/C16H10F2N6/c17-10-1-3-15(13(18)5-10)23-16-12-6-11(24-9-19-7-22-24)2-4-14(12)20-8-21-16/h1-9H,(H,20,21,23). The topological polar surface area (TPSA) is 68.5 Å². The van der Waals surface area contributed by atoms with Gasteiger partial charge in [0, 0.05) is 11.5 Å². The van der Waals surface area contributed by atoms with E-state index >= 15 is 0 Å². The number of rotatable bonds is 3. The predicted molar refractivity (Wildman–Crippen MR) is 84.1 cm³/mol. The molecule has 0 saturated heterocycles. The van der Waals surface area contributed by atoms with Gasteiger partial charge in [0.1, 0.15) is 36.4 Å². The van der Waals surface area contributed by atoms with Gasteiger partial charge in [-0.25, -0.2) is 28.4 Å². The molecular formula is C16H10F2N6. The Kier molecular flexibility index (Phi) is 3.34. The molecule has 8 heteroatoms. The molecule has 0 saturated carbocycles. The third-order valence-electron chi connectivity index (χ3n) is 3.49. The second kappa shape index (κ2) is 5.65. The maximum Gasteiger partial charge on any atom is 0.149 e. The molecule has 0 atom stereocenters. The molecule has 0 aliphatic rings. The van der Waals surface area contributed by atoms with Crippen molar-refractivity contribution in [2.75, 3.05) is 5.32 Å². The van der Waals surface area contributed by atoms with E-state index in [-0.39, 0.29) is 5.69 Å². The van der Waals surface area contributed by atoms with Crippen LogP contribution in [0.3, 0.4) is 0 Å². The van der Waals surface area contributed by atoms with Gasteiger partial charge in [-0.1, -0.05) is 0 Å². The quantitative estimate of drug-likeness (QED) is 0.626. The van der Waals surface area contributed by atoms with Gasteiger partial charge in [-0.2, -0.15) is 5.10 Å². The Morgan fingerprint density at radius 2 is 1.88 bits per heavy atom. The molecule has 24 heavy (non-hydrogen) atoms. The molecule has 6 nitrogen and oxygen atoms in total. The van der Waals surface area contributed by atoms with Crippen LogP contribution in [0.4, 0.5) is 20.3 Å². The molecule has 0 radical (unpaired) electrons. The number of nitrogens with one attached hydrogen (secondary N) is 1. The molecule has 0 spiro atoms. The van der Waals surface area contributed by atoms with Gasteiger partial charge in [-0.3, -0.25) is 0 Å². The number of nitrogens with zero attached hydrogens (tertiary/aromatic N) is 5. The van der Waals surface area contributed by atoms with Crippen molar-refractivity contribution in [3.05, 3.63) is 67.0 Å². The van der Waals surface area contributed by atoms with Gasteiger partial charge in [0.15, 0.2) is 0 Å². The van der Waals surface area contributed by atoms with Crippen LogP contribution in [0.1, 0.15) is 0 Å². The van der Waals surface area contributed by atoms with Crippen LogP contribution < -0.4 is 5.32 Å². The van der Waals surface area contributed by atoms with Gasteiger partial charge in [-0.05, 0) is 30.3 Å². The highest BCUT2D eigenvalue weighted by Gasteiger charge is 2.09. The molecule has 0 fully saturated rings. The zero-order valence-corrected chi connectivity index (χ0v) is 12.2. The number of aromatic nitrogens is 5. The first kappa shape index (κ1) is 14.2. The molecular weight excluding hydrogens is 314 g/mol. The van der Waals surface area contributed by atoms with Crippen molar-refractivity contribution >= 4 is 22.4 Å². The lowest BCUT2D eigenvalue weighted by Gasteiger charge is -2.10. The van der Waals surface area contributed by atoms with Gasteiger partial charge in [0.25, 0.3) is 0 Å². The summed E-state index contributed by atoms with van der Waals surface area (Å²) in [4.78, 5) is 12.3. The molecule has 2 aromatic carbocycles. The minimum atomic E-state index is -0.700. The first-order valence-corrected chi connectivity index (χ1v) is 7.02. The van der Waals surface area contributed by atoms with Gasteiger partial charge >= 0.3 is 0 Å². The summed E-state index contributed by atoms with van der Waals surface area (Å²) < 4.78 is 28.5. The van der Waals surface area contributed by atoms with Gasteiger partial charge < -0.3 is 5.32 Å². The summed E-state index contributed by atoms with van der Waals surface area (Å²) in [6, 6.07) is 8.77. The molecule has 0 amide bonds. The van der Waals surface area contributed by atoms with Crippen LogP contribution in [0.25, 0.3) is 16.6 Å². The van der Waals surface area contributed by atoms with Crippen LogP contribution >= 0.6 is 0 Å². The summed E-state index contributed by atoms with van der Waals surface area (Å²) in [6.45, 7) is 0. The second-order valence-corrected chi connectivity index (χ2v) is 5.01. The number of fused-ring (bicyclic) bond motifs is 1. The second-order valence-electron chi connectivity index (χ2n) is 5.01. The van der Waals surface area contributed by atoms with E-state index in [2.05, 4.69) is 25.4 Å². The zero-order chi connectivity index (χ0) is 16.5. The van der Waals surface area contributed by atoms with Crippen molar-refractivity contribution < 1.29 is 8.78 Å². The largest absolute Gasteiger partial charge is 0.337 e. The molecule has 1 N–H and O–H groups in total. The van der Waals surface area contributed by atoms with Gasteiger partial charge in [0.2, 0.25) is 0 Å². The Hall–Kier alpha value is -3.42. The Morgan fingerprint density at radius 3 is 2.67 bits per heavy atom. The van der Waals surface area contributed by atoms with Crippen LogP contribution in [0.15, 0.2) is 55.4 Å². The minimum Gasteiger partial charge on any atom is -0.337 e. The van der Waals surface area contributed by atoms with Crippen LogP contribution in [-0.2, 0) is 0 Å². The third kappa shape index (κ3) is 2.54. The monoisotopic (exact) mass is 324 g/mol. The van der Waals surface area contributed by atoms with E-state index in [1.54, 1.807) is 17.1 Å². The van der Waals surface area contributed by atoms with Crippen molar-refractivity contribution in [2.45, 2.75) is 0 Å². The predicted octanol–water partition coefficient (Wildman–Crippen LogP) is 3.23. The molecule has 4 aromatic rings. The van der Waals surface area contributed by atoms with Crippen molar-refractivity contribution in [3.63, 3.8) is 0 Å². The molecule has 0 unspecified atom stereocenters. The molecule has 2 aromatic heterocycles. The van der Waals surface area contributed by atoms with Crippen LogP contribution in [-0.4, -0.2) is 24.7 Å². The maximum absolute atomic E-state index is 13.9. The smallest absolute Gasteiger partial charge is 0.149 e. The molecule has 4 rings (SSSR count). The van der Waals surface area contributed by atoms with Crippen LogP contribution in [0, 0.1) is 11.6 Å². The van der Waals surface area contributed by atoms with E-state index in [0.29, 0.717) is 16.7 Å². The summed E-state index contributed by atoms with van der Waals surface area (Å²) in [5, 5.41) is 7.63. The number of benzene rings is 2. The lowest BCUT2D eigenvalue weighted by atomic mass is 10.2. The Labute approximate surface area is 134 Å². The van der Waals surface area contributed by atoms with Crippen LogP contribution in [0.2, 0.25) is 0 Å². The fourth-order valence-corrected chi connectivity index (χ4v) is 2.35.